The molecule has 1 saturated carbocycles. The van der Waals surface area contributed by atoms with E-state index in [0.717, 1.165) is 17.3 Å². The molecule has 0 aliphatic heterocycles. The zero-order valence-electron chi connectivity index (χ0n) is 9.80. The largest absolute Gasteiger partial charge is 0.397 e. The van der Waals surface area contributed by atoms with Crippen LogP contribution >= 0.6 is 0 Å². The highest BCUT2D eigenvalue weighted by atomic mass is 15.0. The van der Waals surface area contributed by atoms with Crippen LogP contribution in [-0.2, 0) is 0 Å². The van der Waals surface area contributed by atoms with Gasteiger partial charge in [-0.2, -0.15) is 0 Å². The number of aryl methyl sites for hydroxylation is 1. The van der Waals surface area contributed by atoms with Gasteiger partial charge in [0.15, 0.2) is 0 Å². The minimum absolute atomic E-state index is 0.167. The Kier molecular flexibility index (Phi) is 2.37. The molecule has 3 N–H and O–H groups in total. The van der Waals surface area contributed by atoms with Crippen LogP contribution in [0.15, 0.2) is 18.2 Å². The van der Waals surface area contributed by atoms with Crippen molar-refractivity contribution in [3.63, 3.8) is 0 Å². The van der Waals surface area contributed by atoms with Crippen LogP contribution in [-0.4, -0.2) is 5.54 Å². The van der Waals surface area contributed by atoms with Crippen LogP contribution in [0.5, 0.6) is 0 Å². The van der Waals surface area contributed by atoms with Crippen molar-refractivity contribution in [3.05, 3.63) is 23.8 Å². The normalized spacial score (nSPS) is 16.5. The van der Waals surface area contributed by atoms with Crippen LogP contribution in [0.3, 0.4) is 0 Å². The first-order valence-electron chi connectivity index (χ1n) is 5.64. The minimum atomic E-state index is 0.167. The van der Waals surface area contributed by atoms with E-state index in [9.17, 15) is 0 Å². The van der Waals surface area contributed by atoms with E-state index in [2.05, 4.69) is 32.2 Å². The lowest BCUT2D eigenvalue weighted by Crippen LogP contribution is -2.33. The highest BCUT2D eigenvalue weighted by Crippen LogP contribution is 2.42. The van der Waals surface area contributed by atoms with Gasteiger partial charge in [0.05, 0.1) is 11.4 Å². The molecule has 1 aliphatic carbocycles. The lowest BCUT2D eigenvalue weighted by atomic mass is 9.97. The maximum absolute atomic E-state index is 5.99. The Balaban J connectivity index is 2.23. The molecule has 2 heteroatoms. The van der Waals surface area contributed by atoms with Crippen molar-refractivity contribution >= 4 is 11.4 Å². The fourth-order valence-electron chi connectivity index (χ4n) is 2.09. The average Bonchev–Trinajstić information content (AvgIpc) is 2.94. The first kappa shape index (κ1) is 10.3. The molecule has 0 aromatic heterocycles. The number of nitrogen functional groups attached to an aromatic ring is 1. The smallest absolute Gasteiger partial charge is 0.0607 e. The van der Waals surface area contributed by atoms with Crippen molar-refractivity contribution in [1.82, 2.24) is 0 Å². The van der Waals surface area contributed by atoms with Crippen molar-refractivity contribution < 1.29 is 0 Å². The Morgan fingerprint density at radius 3 is 2.53 bits per heavy atom. The predicted octanol–water partition coefficient (Wildman–Crippen LogP) is 3.18. The van der Waals surface area contributed by atoms with Gasteiger partial charge in [-0.05, 0) is 51.2 Å². The van der Waals surface area contributed by atoms with Crippen LogP contribution in [0.4, 0.5) is 11.4 Å². The molecule has 0 spiro atoms. The number of nitrogens with two attached hydrogens (primary N) is 1. The van der Waals surface area contributed by atoms with Crippen molar-refractivity contribution in [2.24, 2.45) is 5.92 Å². The predicted molar refractivity (Wildman–Crippen MR) is 66.0 cm³/mol. The van der Waals surface area contributed by atoms with E-state index in [1.165, 1.54) is 18.4 Å². The summed E-state index contributed by atoms with van der Waals surface area (Å²) in [6, 6.07) is 6.06. The Morgan fingerprint density at radius 2 is 2.00 bits per heavy atom. The first-order valence-corrected chi connectivity index (χ1v) is 5.64. The molecule has 0 unspecified atom stereocenters. The topological polar surface area (TPSA) is 38.0 Å². The maximum atomic E-state index is 5.99. The van der Waals surface area contributed by atoms with Gasteiger partial charge in [0.2, 0.25) is 0 Å². The SMILES string of the molecule is Cc1cccc(N)c1NC(C)(C)C1CC1. The fourth-order valence-corrected chi connectivity index (χ4v) is 2.09. The van der Waals surface area contributed by atoms with Crippen LogP contribution in [0, 0.1) is 12.8 Å². The number of hydrogen-bond acceptors (Lipinski definition) is 2. The minimum Gasteiger partial charge on any atom is -0.397 e. The monoisotopic (exact) mass is 204 g/mol. The van der Waals surface area contributed by atoms with Gasteiger partial charge in [0.1, 0.15) is 0 Å². The zero-order chi connectivity index (χ0) is 11.1. The lowest BCUT2D eigenvalue weighted by molar-refractivity contribution is 0.494. The summed E-state index contributed by atoms with van der Waals surface area (Å²) in [4.78, 5) is 0. The second kappa shape index (κ2) is 3.44. The highest BCUT2D eigenvalue weighted by Gasteiger charge is 2.37. The van der Waals surface area contributed by atoms with Gasteiger partial charge in [-0.25, -0.2) is 0 Å². The molecule has 0 amide bonds. The third kappa shape index (κ3) is 2.09. The van der Waals surface area contributed by atoms with E-state index in [0.29, 0.717) is 0 Å². The summed E-state index contributed by atoms with van der Waals surface area (Å²) in [5, 5.41) is 3.59. The standard InChI is InChI=1S/C13H20N2/c1-9-5-4-6-11(14)12(9)15-13(2,3)10-7-8-10/h4-6,10,15H,7-8,14H2,1-3H3. The van der Waals surface area contributed by atoms with Gasteiger partial charge in [-0.3, -0.25) is 0 Å². The van der Waals surface area contributed by atoms with Crippen molar-refractivity contribution in [2.75, 3.05) is 11.1 Å². The van der Waals surface area contributed by atoms with Crippen LogP contribution in [0.1, 0.15) is 32.3 Å². The van der Waals surface area contributed by atoms with Crippen molar-refractivity contribution in [3.8, 4) is 0 Å². The van der Waals surface area contributed by atoms with E-state index >= 15 is 0 Å². The number of nitrogens with one attached hydrogen (secondary N) is 1. The van der Waals surface area contributed by atoms with Crippen LogP contribution < -0.4 is 11.1 Å². The Hall–Kier alpha value is -1.18. The van der Waals surface area contributed by atoms with E-state index in [1.807, 2.05) is 12.1 Å². The summed E-state index contributed by atoms with van der Waals surface area (Å²) in [7, 11) is 0. The van der Waals surface area contributed by atoms with E-state index in [4.69, 9.17) is 5.73 Å². The molecule has 82 valence electrons. The maximum Gasteiger partial charge on any atom is 0.0607 e. The molecule has 1 aromatic rings. The van der Waals surface area contributed by atoms with Crippen molar-refractivity contribution in [2.45, 2.75) is 39.2 Å². The molecule has 0 radical (unpaired) electrons. The summed E-state index contributed by atoms with van der Waals surface area (Å²) in [5.41, 5.74) is 9.34. The van der Waals surface area contributed by atoms with E-state index in [-0.39, 0.29) is 5.54 Å². The van der Waals surface area contributed by atoms with E-state index in [1.54, 1.807) is 0 Å². The third-order valence-electron chi connectivity index (χ3n) is 3.35. The molecule has 2 nitrogen and oxygen atoms in total. The molecule has 1 aromatic carbocycles. The molecule has 15 heavy (non-hydrogen) atoms. The van der Waals surface area contributed by atoms with Gasteiger partial charge in [0.25, 0.3) is 0 Å². The Morgan fingerprint density at radius 1 is 1.33 bits per heavy atom. The summed E-state index contributed by atoms with van der Waals surface area (Å²) in [5.74, 6) is 0.802. The lowest BCUT2D eigenvalue weighted by Gasteiger charge is -2.29. The fraction of sp³-hybridized carbons (Fsp3) is 0.538. The first-order chi connectivity index (χ1) is 7.00. The molecule has 2 rings (SSSR count). The number of anilines is 2. The summed E-state index contributed by atoms with van der Waals surface area (Å²) in [6.45, 7) is 6.62. The van der Waals surface area contributed by atoms with Crippen LogP contribution in [0.25, 0.3) is 0 Å². The molecule has 0 atom stereocenters. The van der Waals surface area contributed by atoms with Gasteiger partial charge in [-0.1, -0.05) is 12.1 Å². The summed E-state index contributed by atoms with van der Waals surface area (Å²) >= 11 is 0. The van der Waals surface area contributed by atoms with E-state index < -0.39 is 0 Å². The number of rotatable bonds is 3. The Bertz CT molecular complexity index is 345. The molecule has 1 aliphatic rings. The van der Waals surface area contributed by atoms with Crippen molar-refractivity contribution in [1.29, 1.82) is 0 Å². The molecular formula is C13H20N2. The van der Waals surface area contributed by atoms with Crippen LogP contribution in [0.2, 0.25) is 0 Å². The molecule has 0 bridgehead atoms. The summed E-state index contributed by atoms with van der Waals surface area (Å²) < 4.78 is 0. The second-order valence-corrected chi connectivity index (χ2v) is 5.16. The number of benzene rings is 1. The highest BCUT2D eigenvalue weighted by molar-refractivity contribution is 5.70. The van der Waals surface area contributed by atoms with Gasteiger partial charge in [0, 0.05) is 5.54 Å². The Labute approximate surface area is 91.9 Å². The molecular weight excluding hydrogens is 184 g/mol. The summed E-state index contributed by atoms with van der Waals surface area (Å²) in [6.07, 6.45) is 2.68. The van der Waals surface area contributed by atoms with Gasteiger partial charge >= 0.3 is 0 Å². The molecule has 1 fully saturated rings. The zero-order valence-corrected chi connectivity index (χ0v) is 9.80. The average molecular weight is 204 g/mol. The number of hydrogen-bond donors (Lipinski definition) is 2. The second-order valence-electron chi connectivity index (χ2n) is 5.16. The molecule has 0 heterocycles. The number of para-hydroxylation sites is 1. The third-order valence-corrected chi connectivity index (χ3v) is 3.35. The quantitative estimate of drug-likeness (QED) is 0.742. The van der Waals surface area contributed by atoms with Gasteiger partial charge in [-0.15, -0.1) is 0 Å². The molecule has 0 saturated heterocycles. The van der Waals surface area contributed by atoms with Gasteiger partial charge < -0.3 is 11.1 Å².